The summed E-state index contributed by atoms with van der Waals surface area (Å²) in [4.78, 5) is 15.1. The molecule has 0 aliphatic carbocycles. The van der Waals surface area contributed by atoms with E-state index in [1.807, 2.05) is 11.0 Å². The van der Waals surface area contributed by atoms with E-state index in [2.05, 4.69) is 0 Å². The predicted molar refractivity (Wildman–Crippen MR) is 86.3 cm³/mol. The smallest absolute Gasteiger partial charge is 0.232 e. The van der Waals surface area contributed by atoms with Crippen molar-refractivity contribution in [1.29, 1.82) is 0 Å². The lowest BCUT2D eigenvalue weighted by Crippen LogP contribution is -2.35. The highest BCUT2D eigenvalue weighted by Crippen LogP contribution is 2.28. The van der Waals surface area contributed by atoms with Gasteiger partial charge in [0.1, 0.15) is 0 Å². The lowest BCUT2D eigenvalue weighted by atomic mass is 10.1. The van der Waals surface area contributed by atoms with Crippen LogP contribution in [0.5, 0.6) is 0 Å². The van der Waals surface area contributed by atoms with Crippen LogP contribution >= 0.6 is 23.4 Å². The summed E-state index contributed by atoms with van der Waals surface area (Å²) in [5.74, 6) is 0.640. The number of hydrogen-bond acceptors (Lipinski definition) is 3. The van der Waals surface area contributed by atoms with Gasteiger partial charge in [0, 0.05) is 28.7 Å². The molecular formula is C15H21ClN2OS. The monoisotopic (exact) mass is 312 g/mol. The molecule has 0 atom stereocenters. The molecule has 0 aromatic heterocycles. The van der Waals surface area contributed by atoms with Crippen LogP contribution in [-0.4, -0.2) is 29.6 Å². The fraction of sp³-hybridized carbons (Fsp3) is 0.533. The highest BCUT2D eigenvalue weighted by atomic mass is 35.5. The van der Waals surface area contributed by atoms with Crippen LogP contribution in [0, 0.1) is 0 Å². The number of thioether (sulfide) groups is 1. The van der Waals surface area contributed by atoms with E-state index in [1.54, 1.807) is 12.1 Å². The topological polar surface area (TPSA) is 46.3 Å². The largest absolute Gasteiger partial charge is 0.398 e. The molecule has 1 heterocycles. The highest BCUT2D eigenvalue weighted by molar-refractivity contribution is 8.00. The van der Waals surface area contributed by atoms with Gasteiger partial charge in [-0.15, -0.1) is 11.8 Å². The molecule has 20 heavy (non-hydrogen) atoms. The van der Waals surface area contributed by atoms with E-state index >= 15 is 0 Å². The summed E-state index contributed by atoms with van der Waals surface area (Å²) in [5, 5.41) is 0.653. The van der Waals surface area contributed by atoms with Crippen molar-refractivity contribution in [3.63, 3.8) is 0 Å². The number of halogens is 1. The number of benzene rings is 1. The van der Waals surface area contributed by atoms with Crippen molar-refractivity contribution in [2.75, 3.05) is 24.6 Å². The Bertz CT molecular complexity index is 459. The Morgan fingerprint density at radius 1 is 1.20 bits per heavy atom. The molecule has 2 N–H and O–H groups in total. The van der Waals surface area contributed by atoms with Crippen molar-refractivity contribution in [2.24, 2.45) is 0 Å². The van der Waals surface area contributed by atoms with E-state index in [9.17, 15) is 4.79 Å². The van der Waals surface area contributed by atoms with Gasteiger partial charge in [0.25, 0.3) is 0 Å². The molecule has 1 aromatic rings. The third kappa shape index (κ3) is 4.60. The van der Waals surface area contributed by atoms with Gasteiger partial charge in [-0.2, -0.15) is 0 Å². The number of carbonyl (C=O) groups excluding carboxylic acids is 1. The molecule has 0 spiro atoms. The molecule has 1 fully saturated rings. The fourth-order valence-electron chi connectivity index (χ4n) is 2.36. The first-order chi connectivity index (χ1) is 9.66. The van der Waals surface area contributed by atoms with Gasteiger partial charge in [0.2, 0.25) is 5.91 Å². The number of carbonyl (C=O) groups is 1. The molecule has 3 nitrogen and oxygen atoms in total. The normalized spacial score (nSPS) is 16.6. The summed E-state index contributed by atoms with van der Waals surface area (Å²) in [6, 6.07) is 5.37. The van der Waals surface area contributed by atoms with Gasteiger partial charge < -0.3 is 10.6 Å². The lowest BCUT2D eigenvalue weighted by molar-refractivity contribution is -0.128. The molecule has 2 rings (SSSR count). The third-order valence-electron chi connectivity index (χ3n) is 3.54. The van der Waals surface area contributed by atoms with Crippen LogP contribution in [0.3, 0.4) is 0 Å². The van der Waals surface area contributed by atoms with Crippen molar-refractivity contribution in [2.45, 2.75) is 37.0 Å². The Labute approximate surface area is 129 Å². The predicted octanol–water partition coefficient (Wildman–Crippen LogP) is 3.81. The summed E-state index contributed by atoms with van der Waals surface area (Å²) >= 11 is 7.43. The number of nitrogens with two attached hydrogens (primary N) is 1. The maximum absolute atomic E-state index is 12.3. The van der Waals surface area contributed by atoms with Crippen LogP contribution in [0.1, 0.15) is 32.1 Å². The first kappa shape index (κ1) is 15.5. The molecule has 1 aliphatic heterocycles. The van der Waals surface area contributed by atoms with Crippen molar-refractivity contribution in [3.05, 3.63) is 23.2 Å². The molecule has 1 saturated heterocycles. The minimum Gasteiger partial charge on any atom is -0.398 e. The minimum absolute atomic E-state index is 0.205. The number of nitrogens with zero attached hydrogens (tertiary/aromatic N) is 1. The van der Waals surface area contributed by atoms with Crippen molar-refractivity contribution < 1.29 is 4.79 Å². The van der Waals surface area contributed by atoms with Crippen molar-refractivity contribution in [3.8, 4) is 0 Å². The Morgan fingerprint density at radius 3 is 2.55 bits per heavy atom. The van der Waals surface area contributed by atoms with Gasteiger partial charge in [-0.3, -0.25) is 4.79 Å². The second-order valence-electron chi connectivity index (χ2n) is 5.12. The molecule has 1 amide bonds. The maximum atomic E-state index is 12.3. The molecule has 5 heteroatoms. The average molecular weight is 313 g/mol. The molecule has 0 saturated carbocycles. The van der Waals surface area contributed by atoms with Crippen LogP contribution in [0.2, 0.25) is 5.02 Å². The third-order valence-corrected chi connectivity index (χ3v) is 4.83. The van der Waals surface area contributed by atoms with E-state index in [0.717, 1.165) is 30.8 Å². The molecular weight excluding hydrogens is 292 g/mol. The van der Waals surface area contributed by atoms with E-state index in [1.165, 1.54) is 31.0 Å². The molecule has 1 aromatic carbocycles. The van der Waals surface area contributed by atoms with Crippen LogP contribution < -0.4 is 5.73 Å². The quantitative estimate of drug-likeness (QED) is 0.682. The zero-order valence-corrected chi connectivity index (χ0v) is 13.2. The number of anilines is 1. The van der Waals surface area contributed by atoms with Crippen LogP contribution in [0.4, 0.5) is 5.69 Å². The second kappa shape index (κ2) is 7.79. The number of hydrogen-bond donors (Lipinski definition) is 1. The summed E-state index contributed by atoms with van der Waals surface area (Å²) in [7, 11) is 0. The Morgan fingerprint density at radius 2 is 1.85 bits per heavy atom. The molecule has 0 bridgehead atoms. The summed E-state index contributed by atoms with van der Waals surface area (Å²) < 4.78 is 0. The van der Waals surface area contributed by atoms with Crippen LogP contribution in [0.15, 0.2) is 23.1 Å². The molecule has 1 aliphatic rings. The zero-order chi connectivity index (χ0) is 14.4. The summed E-state index contributed by atoms with van der Waals surface area (Å²) in [5.41, 5.74) is 6.58. The SMILES string of the molecule is Nc1ccc(Cl)cc1SCC(=O)N1CCCCCCC1. The maximum Gasteiger partial charge on any atom is 0.232 e. The number of likely N-dealkylation sites (tertiary alicyclic amines) is 1. The average Bonchev–Trinajstić information content (AvgIpc) is 2.39. The van der Waals surface area contributed by atoms with E-state index in [4.69, 9.17) is 17.3 Å². The van der Waals surface area contributed by atoms with Gasteiger partial charge in [-0.05, 0) is 31.0 Å². The summed E-state index contributed by atoms with van der Waals surface area (Å²) in [6.45, 7) is 1.79. The zero-order valence-electron chi connectivity index (χ0n) is 11.6. The standard InChI is InChI=1S/C15H21ClN2OS/c16-12-6-7-13(17)14(10-12)20-11-15(19)18-8-4-2-1-3-5-9-18/h6-7,10H,1-5,8-9,11,17H2. The van der Waals surface area contributed by atoms with E-state index in [-0.39, 0.29) is 5.91 Å². The van der Waals surface area contributed by atoms with Gasteiger partial charge in [0.05, 0.1) is 5.75 Å². The van der Waals surface area contributed by atoms with E-state index in [0.29, 0.717) is 16.5 Å². The number of rotatable bonds is 3. The Kier molecular flexibility index (Phi) is 6.05. The Balaban J connectivity index is 1.88. The van der Waals surface area contributed by atoms with Gasteiger partial charge in [0.15, 0.2) is 0 Å². The number of nitrogen functional groups attached to an aromatic ring is 1. The van der Waals surface area contributed by atoms with Crippen LogP contribution in [0.25, 0.3) is 0 Å². The van der Waals surface area contributed by atoms with Gasteiger partial charge in [-0.25, -0.2) is 0 Å². The lowest BCUT2D eigenvalue weighted by Gasteiger charge is -2.24. The Hall–Kier alpha value is -0.870. The second-order valence-corrected chi connectivity index (χ2v) is 6.57. The van der Waals surface area contributed by atoms with Crippen molar-refractivity contribution >= 4 is 35.0 Å². The molecule has 0 radical (unpaired) electrons. The first-order valence-corrected chi connectivity index (χ1v) is 8.49. The molecule has 110 valence electrons. The van der Waals surface area contributed by atoms with Gasteiger partial charge >= 0.3 is 0 Å². The van der Waals surface area contributed by atoms with Crippen molar-refractivity contribution in [1.82, 2.24) is 4.90 Å². The first-order valence-electron chi connectivity index (χ1n) is 7.12. The van der Waals surface area contributed by atoms with E-state index < -0.39 is 0 Å². The molecule has 0 unspecified atom stereocenters. The van der Waals surface area contributed by atoms with Crippen LogP contribution in [-0.2, 0) is 4.79 Å². The van der Waals surface area contributed by atoms with Gasteiger partial charge in [-0.1, -0.05) is 30.9 Å². The number of amides is 1. The highest BCUT2D eigenvalue weighted by Gasteiger charge is 2.15. The minimum atomic E-state index is 0.205. The summed E-state index contributed by atoms with van der Waals surface area (Å²) in [6.07, 6.45) is 6.01. The fourth-order valence-corrected chi connectivity index (χ4v) is 3.50.